The molecule has 1 atom stereocenters. The van der Waals surface area contributed by atoms with E-state index in [2.05, 4.69) is 32.6 Å². The molecule has 1 nitrogen and oxygen atoms in total. The first-order valence-electron chi connectivity index (χ1n) is 6.77. The monoisotopic (exact) mass is 209 g/mol. The topological polar surface area (TPSA) is 3.24 Å². The van der Waals surface area contributed by atoms with Crippen LogP contribution in [0.5, 0.6) is 0 Å². The molecule has 0 radical (unpaired) electrons. The number of nitrogens with zero attached hydrogens (tertiary/aromatic N) is 1. The second-order valence-electron chi connectivity index (χ2n) is 6.52. The summed E-state index contributed by atoms with van der Waals surface area (Å²) < 4.78 is 0. The van der Waals surface area contributed by atoms with Crippen molar-refractivity contribution in [1.82, 2.24) is 4.90 Å². The van der Waals surface area contributed by atoms with E-state index < -0.39 is 0 Å². The molecule has 0 aromatic carbocycles. The van der Waals surface area contributed by atoms with Crippen LogP contribution in [-0.4, -0.2) is 24.0 Å². The Labute approximate surface area is 95.2 Å². The first-order chi connectivity index (χ1) is 7.03. The summed E-state index contributed by atoms with van der Waals surface area (Å²) in [4.78, 5) is 2.65. The molecule has 1 saturated heterocycles. The predicted molar refractivity (Wildman–Crippen MR) is 65.9 cm³/mol. The molecular weight excluding hydrogens is 182 g/mol. The number of hydrogen-bond donors (Lipinski definition) is 0. The van der Waals surface area contributed by atoms with Crippen molar-refractivity contribution in [2.45, 2.75) is 59.4 Å². The maximum atomic E-state index is 2.65. The van der Waals surface area contributed by atoms with Gasteiger partial charge in [0, 0.05) is 6.04 Å². The quantitative estimate of drug-likeness (QED) is 0.687. The number of likely N-dealkylation sites (tertiary alicyclic amines) is 1. The average Bonchev–Trinajstić information content (AvgIpc) is 2.78. The third-order valence-corrected chi connectivity index (χ3v) is 4.64. The number of hydrogen-bond acceptors (Lipinski definition) is 1. The van der Waals surface area contributed by atoms with Crippen LogP contribution >= 0.6 is 0 Å². The van der Waals surface area contributed by atoms with E-state index in [0.717, 1.165) is 23.3 Å². The molecule has 1 heterocycles. The minimum atomic E-state index is 0.754. The van der Waals surface area contributed by atoms with Crippen LogP contribution in [0.3, 0.4) is 0 Å². The van der Waals surface area contributed by atoms with Gasteiger partial charge in [0.2, 0.25) is 0 Å². The normalized spacial score (nSPS) is 30.4. The first-order valence-corrected chi connectivity index (χ1v) is 6.77. The zero-order chi connectivity index (χ0) is 11.1. The van der Waals surface area contributed by atoms with Crippen LogP contribution < -0.4 is 0 Å². The molecule has 0 aromatic rings. The SMILES string of the molecule is CC(C)CC1CC12CCN(C(C)C)CC2. The van der Waals surface area contributed by atoms with E-state index in [1.165, 1.54) is 38.8 Å². The lowest BCUT2D eigenvalue weighted by molar-refractivity contribution is 0.130. The summed E-state index contributed by atoms with van der Waals surface area (Å²) in [5.74, 6) is 1.98. The maximum absolute atomic E-state index is 2.65. The van der Waals surface area contributed by atoms with Gasteiger partial charge >= 0.3 is 0 Å². The van der Waals surface area contributed by atoms with Crippen molar-refractivity contribution in [3.05, 3.63) is 0 Å². The molecule has 2 aliphatic rings. The molecule has 1 spiro atoms. The van der Waals surface area contributed by atoms with Crippen molar-refractivity contribution in [3.63, 3.8) is 0 Å². The molecule has 1 unspecified atom stereocenters. The Morgan fingerprint density at radius 3 is 2.20 bits per heavy atom. The van der Waals surface area contributed by atoms with E-state index in [0.29, 0.717) is 0 Å². The van der Waals surface area contributed by atoms with Crippen LogP contribution in [0.15, 0.2) is 0 Å². The summed E-state index contributed by atoms with van der Waals surface area (Å²) in [6.45, 7) is 12.1. The van der Waals surface area contributed by atoms with Crippen molar-refractivity contribution < 1.29 is 0 Å². The molecule has 88 valence electrons. The van der Waals surface area contributed by atoms with E-state index in [1.807, 2.05) is 0 Å². The predicted octanol–water partition coefficient (Wildman–Crippen LogP) is 3.54. The Kier molecular flexibility index (Phi) is 3.12. The average molecular weight is 209 g/mol. The summed E-state index contributed by atoms with van der Waals surface area (Å²) in [6.07, 6.45) is 5.96. The minimum Gasteiger partial charge on any atom is -0.301 e. The van der Waals surface area contributed by atoms with E-state index in [9.17, 15) is 0 Å². The Balaban J connectivity index is 1.80. The summed E-state index contributed by atoms with van der Waals surface area (Å²) in [6, 6.07) is 0.754. The van der Waals surface area contributed by atoms with Gasteiger partial charge in [-0.3, -0.25) is 0 Å². The van der Waals surface area contributed by atoms with Crippen molar-refractivity contribution in [2.75, 3.05) is 13.1 Å². The van der Waals surface area contributed by atoms with Gasteiger partial charge in [0.25, 0.3) is 0 Å². The molecule has 0 bridgehead atoms. The lowest BCUT2D eigenvalue weighted by atomic mass is 9.88. The minimum absolute atomic E-state index is 0.754. The van der Waals surface area contributed by atoms with Gasteiger partial charge < -0.3 is 4.90 Å². The van der Waals surface area contributed by atoms with Crippen LogP contribution in [0.25, 0.3) is 0 Å². The van der Waals surface area contributed by atoms with Gasteiger partial charge in [-0.1, -0.05) is 13.8 Å². The van der Waals surface area contributed by atoms with Gasteiger partial charge in [0.05, 0.1) is 0 Å². The smallest absolute Gasteiger partial charge is 0.00385 e. The third kappa shape index (κ3) is 2.38. The largest absolute Gasteiger partial charge is 0.301 e. The Morgan fingerprint density at radius 1 is 1.13 bits per heavy atom. The summed E-state index contributed by atoms with van der Waals surface area (Å²) in [5, 5.41) is 0. The van der Waals surface area contributed by atoms with Gasteiger partial charge in [0.15, 0.2) is 0 Å². The van der Waals surface area contributed by atoms with Crippen LogP contribution in [0.4, 0.5) is 0 Å². The standard InChI is InChI=1S/C14H27N/c1-11(2)9-13-10-14(13)5-7-15(8-6-14)12(3)4/h11-13H,5-10H2,1-4H3. The molecule has 15 heavy (non-hydrogen) atoms. The van der Waals surface area contributed by atoms with Gasteiger partial charge in [-0.15, -0.1) is 0 Å². The fourth-order valence-corrected chi connectivity index (χ4v) is 3.43. The highest BCUT2D eigenvalue weighted by Crippen LogP contribution is 2.61. The van der Waals surface area contributed by atoms with Gasteiger partial charge in [-0.2, -0.15) is 0 Å². The van der Waals surface area contributed by atoms with Crippen LogP contribution in [0.1, 0.15) is 53.4 Å². The zero-order valence-corrected chi connectivity index (χ0v) is 10.9. The molecular formula is C14H27N. The van der Waals surface area contributed by atoms with Gasteiger partial charge in [-0.05, 0) is 69.9 Å². The van der Waals surface area contributed by atoms with Crippen molar-refractivity contribution in [1.29, 1.82) is 0 Å². The molecule has 0 N–H and O–H groups in total. The second-order valence-corrected chi connectivity index (χ2v) is 6.52. The van der Waals surface area contributed by atoms with Crippen LogP contribution in [-0.2, 0) is 0 Å². The van der Waals surface area contributed by atoms with Gasteiger partial charge in [-0.25, -0.2) is 0 Å². The van der Waals surface area contributed by atoms with Crippen molar-refractivity contribution in [2.24, 2.45) is 17.3 Å². The highest BCUT2D eigenvalue weighted by molar-refractivity contribution is 5.04. The van der Waals surface area contributed by atoms with Crippen molar-refractivity contribution >= 4 is 0 Å². The molecule has 0 amide bonds. The van der Waals surface area contributed by atoms with Crippen LogP contribution in [0, 0.1) is 17.3 Å². The van der Waals surface area contributed by atoms with Gasteiger partial charge in [0.1, 0.15) is 0 Å². The molecule has 0 aromatic heterocycles. The maximum Gasteiger partial charge on any atom is 0.00385 e. The molecule has 1 saturated carbocycles. The summed E-state index contributed by atoms with van der Waals surface area (Å²) >= 11 is 0. The highest BCUT2D eigenvalue weighted by atomic mass is 15.2. The first kappa shape index (κ1) is 11.4. The summed E-state index contributed by atoms with van der Waals surface area (Å²) in [5.41, 5.74) is 0.801. The second kappa shape index (κ2) is 4.08. The lowest BCUT2D eigenvalue weighted by Crippen LogP contribution is -2.39. The van der Waals surface area contributed by atoms with E-state index in [1.54, 1.807) is 0 Å². The molecule has 2 rings (SSSR count). The zero-order valence-electron chi connectivity index (χ0n) is 10.9. The van der Waals surface area contributed by atoms with Crippen molar-refractivity contribution in [3.8, 4) is 0 Å². The Bertz CT molecular complexity index is 211. The van der Waals surface area contributed by atoms with Crippen LogP contribution in [0.2, 0.25) is 0 Å². The summed E-state index contributed by atoms with van der Waals surface area (Å²) in [7, 11) is 0. The van der Waals surface area contributed by atoms with E-state index >= 15 is 0 Å². The highest BCUT2D eigenvalue weighted by Gasteiger charge is 2.54. The third-order valence-electron chi connectivity index (χ3n) is 4.64. The fraction of sp³-hybridized carbons (Fsp3) is 1.00. The van der Waals surface area contributed by atoms with E-state index in [-0.39, 0.29) is 0 Å². The Hall–Kier alpha value is -0.0400. The fourth-order valence-electron chi connectivity index (χ4n) is 3.43. The number of piperidine rings is 1. The lowest BCUT2D eigenvalue weighted by Gasteiger charge is -2.35. The number of rotatable bonds is 3. The molecule has 1 aliphatic heterocycles. The van der Waals surface area contributed by atoms with E-state index in [4.69, 9.17) is 0 Å². The molecule has 1 aliphatic carbocycles. The molecule has 2 fully saturated rings. The molecule has 1 heteroatoms. The Morgan fingerprint density at radius 2 is 1.73 bits per heavy atom.